The minimum atomic E-state index is -0.407. The predicted octanol–water partition coefficient (Wildman–Crippen LogP) is 2.74. The number of carbonyl (C=O) groups is 1. The first-order chi connectivity index (χ1) is 8.58. The van der Waals surface area contributed by atoms with Crippen molar-refractivity contribution in [3.8, 4) is 0 Å². The molecule has 1 N–H and O–H groups in total. The van der Waals surface area contributed by atoms with E-state index in [0.717, 1.165) is 5.69 Å². The Balaban J connectivity index is 2.24. The Morgan fingerprint density at radius 3 is 2.78 bits per heavy atom. The molecule has 7 heteroatoms. The minimum absolute atomic E-state index is 0.0826. The second-order valence-electron chi connectivity index (χ2n) is 3.45. The van der Waals surface area contributed by atoms with Gasteiger partial charge in [-0.25, -0.2) is 15.0 Å². The summed E-state index contributed by atoms with van der Waals surface area (Å²) in [7, 11) is 0. The van der Waals surface area contributed by atoms with E-state index in [4.69, 9.17) is 23.2 Å². The van der Waals surface area contributed by atoms with Crippen LogP contribution in [0.1, 0.15) is 16.2 Å². The second-order valence-corrected chi connectivity index (χ2v) is 4.18. The highest BCUT2D eigenvalue weighted by atomic mass is 35.5. The van der Waals surface area contributed by atoms with Crippen LogP contribution in [0.25, 0.3) is 0 Å². The molecule has 0 radical (unpaired) electrons. The smallest absolute Gasteiger partial charge is 0.275 e. The molecule has 0 spiro atoms. The van der Waals surface area contributed by atoms with Crippen LogP contribution in [0.15, 0.2) is 24.5 Å². The largest absolute Gasteiger partial charge is 0.304 e. The van der Waals surface area contributed by atoms with Crippen LogP contribution in [0, 0.1) is 6.92 Å². The lowest BCUT2D eigenvalue weighted by atomic mass is 10.3. The second kappa shape index (κ2) is 5.29. The van der Waals surface area contributed by atoms with Gasteiger partial charge in [0.25, 0.3) is 5.91 Å². The molecule has 0 bridgehead atoms. The molecule has 2 aromatic rings. The van der Waals surface area contributed by atoms with Crippen LogP contribution in [0.3, 0.4) is 0 Å². The first-order valence-corrected chi connectivity index (χ1v) is 5.74. The van der Waals surface area contributed by atoms with Gasteiger partial charge in [0.1, 0.15) is 17.0 Å². The number of pyridine rings is 1. The molecular formula is C11H8Cl2N4O. The van der Waals surface area contributed by atoms with Crippen molar-refractivity contribution in [3.05, 3.63) is 46.1 Å². The van der Waals surface area contributed by atoms with E-state index in [-0.39, 0.29) is 21.7 Å². The van der Waals surface area contributed by atoms with E-state index >= 15 is 0 Å². The Morgan fingerprint density at radius 2 is 2.06 bits per heavy atom. The number of carbonyl (C=O) groups excluding carboxylic acids is 1. The quantitative estimate of drug-likeness (QED) is 0.860. The maximum Gasteiger partial charge on any atom is 0.275 e. The van der Waals surface area contributed by atoms with Gasteiger partial charge in [-0.15, -0.1) is 0 Å². The third kappa shape index (κ3) is 2.75. The Labute approximate surface area is 113 Å². The molecule has 5 nitrogen and oxygen atoms in total. The Hall–Kier alpha value is -1.72. The summed E-state index contributed by atoms with van der Waals surface area (Å²) in [5.74, 6) is -0.250. The highest BCUT2D eigenvalue weighted by molar-refractivity contribution is 6.43. The van der Waals surface area contributed by atoms with Gasteiger partial charge in [-0.05, 0) is 19.1 Å². The van der Waals surface area contributed by atoms with Gasteiger partial charge in [0.15, 0.2) is 11.0 Å². The Kier molecular flexibility index (Phi) is 3.74. The number of hydrogen-bond acceptors (Lipinski definition) is 4. The molecule has 0 aliphatic heterocycles. The standard InChI is InChI=1S/C11H8Cl2N4O/c1-6-3-2-4-7(16-6)11(18)17-10-8(12)9(13)14-5-15-10/h2-5H,1H3,(H,14,15,17,18). The first-order valence-electron chi connectivity index (χ1n) is 4.99. The van der Waals surface area contributed by atoms with Crippen LogP contribution < -0.4 is 5.32 Å². The molecule has 18 heavy (non-hydrogen) atoms. The molecule has 0 atom stereocenters. The molecule has 0 fully saturated rings. The summed E-state index contributed by atoms with van der Waals surface area (Å²) in [5.41, 5.74) is 1.02. The van der Waals surface area contributed by atoms with E-state index < -0.39 is 5.91 Å². The van der Waals surface area contributed by atoms with Crippen LogP contribution in [-0.4, -0.2) is 20.9 Å². The summed E-state index contributed by atoms with van der Waals surface area (Å²) < 4.78 is 0. The predicted molar refractivity (Wildman–Crippen MR) is 69.0 cm³/mol. The van der Waals surface area contributed by atoms with Crippen molar-refractivity contribution in [2.75, 3.05) is 5.32 Å². The fourth-order valence-electron chi connectivity index (χ4n) is 1.28. The molecule has 0 unspecified atom stereocenters. The molecule has 2 aromatic heterocycles. The number of nitrogens with one attached hydrogen (secondary N) is 1. The van der Waals surface area contributed by atoms with Crippen molar-refractivity contribution >= 4 is 34.9 Å². The molecule has 0 saturated carbocycles. The summed E-state index contributed by atoms with van der Waals surface area (Å²) >= 11 is 11.6. The van der Waals surface area contributed by atoms with Crippen molar-refractivity contribution in [3.63, 3.8) is 0 Å². The monoisotopic (exact) mass is 282 g/mol. The molecule has 2 rings (SSSR count). The number of rotatable bonds is 2. The molecule has 0 aliphatic carbocycles. The van der Waals surface area contributed by atoms with E-state index in [1.165, 1.54) is 6.33 Å². The van der Waals surface area contributed by atoms with Crippen molar-refractivity contribution in [1.82, 2.24) is 15.0 Å². The Morgan fingerprint density at radius 1 is 1.28 bits per heavy atom. The van der Waals surface area contributed by atoms with Crippen LogP contribution in [0.2, 0.25) is 10.2 Å². The maximum atomic E-state index is 11.9. The summed E-state index contributed by atoms with van der Waals surface area (Å²) in [6, 6.07) is 5.14. The van der Waals surface area contributed by atoms with Crippen LogP contribution in [-0.2, 0) is 0 Å². The average molecular weight is 283 g/mol. The van der Waals surface area contributed by atoms with Crippen LogP contribution in [0.5, 0.6) is 0 Å². The van der Waals surface area contributed by atoms with Crippen LogP contribution >= 0.6 is 23.2 Å². The molecule has 2 heterocycles. The number of aromatic nitrogens is 3. The lowest BCUT2D eigenvalue weighted by Gasteiger charge is -2.06. The summed E-state index contributed by atoms with van der Waals surface area (Å²) in [5, 5.41) is 2.71. The third-order valence-electron chi connectivity index (χ3n) is 2.10. The molecule has 0 aromatic carbocycles. The van der Waals surface area contributed by atoms with Gasteiger partial charge in [-0.2, -0.15) is 0 Å². The molecule has 0 saturated heterocycles. The summed E-state index contributed by atoms with van der Waals surface area (Å²) in [4.78, 5) is 23.5. The van der Waals surface area contributed by atoms with E-state index in [1.54, 1.807) is 25.1 Å². The van der Waals surface area contributed by atoms with Gasteiger partial charge in [0, 0.05) is 5.69 Å². The van der Waals surface area contributed by atoms with Gasteiger partial charge >= 0.3 is 0 Å². The fraction of sp³-hybridized carbons (Fsp3) is 0.0909. The van der Waals surface area contributed by atoms with Gasteiger partial charge in [-0.1, -0.05) is 29.3 Å². The summed E-state index contributed by atoms with van der Waals surface area (Å²) in [6.45, 7) is 1.80. The third-order valence-corrected chi connectivity index (χ3v) is 2.84. The van der Waals surface area contributed by atoms with E-state index in [9.17, 15) is 4.79 Å². The molecular weight excluding hydrogens is 275 g/mol. The van der Waals surface area contributed by atoms with Crippen molar-refractivity contribution in [1.29, 1.82) is 0 Å². The van der Waals surface area contributed by atoms with Gasteiger partial charge in [0.2, 0.25) is 0 Å². The maximum absolute atomic E-state index is 11.9. The topological polar surface area (TPSA) is 67.8 Å². The Bertz CT molecular complexity index is 603. The van der Waals surface area contributed by atoms with E-state index in [1.807, 2.05) is 0 Å². The van der Waals surface area contributed by atoms with E-state index in [2.05, 4.69) is 20.3 Å². The molecule has 1 amide bonds. The molecule has 0 aliphatic rings. The molecule has 92 valence electrons. The van der Waals surface area contributed by atoms with Gasteiger partial charge in [-0.3, -0.25) is 4.79 Å². The lowest BCUT2D eigenvalue weighted by Crippen LogP contribution is -2.15. The highest BCUT2D eigenvalue weighted by Gasteiger charge is 2.13. The van der Waals surface area contributed by atoms with Crippen molar-refractivity contribution < 1.29 is 4.79 Å². The zero-order valence-corrected chi connectivity index (χ0v) is 10.8. The number of hydrogen-bond donors (Lipinski definition) is 1. The lowest BCUT2D eigenvalue weighted by molar-refractivity contribution is 0.102. The van der Waals surface area contributed by atoms with Crippen molar-refractivity contribution in [2.45, 2.75) is 6.92 Å². The van der Waals surface area contributed by atoms with Crippen LogP contribution in [0.4, 0.5) is 5.82 Å². The SMILES string of the molecule is Cc1cccc(C(=O)Nc2ncnc(Cl)c2Cl)n1. The van der Waals surface area contributed by atoms with Gasteiger partial charge < -0.3 is 5.32 Å². The zero-order chi connectivity index (χ0) is 13.1. The normalized spacial score (nSPS) is 10.2. The number of anilines is 1. The number of halogens is 2. The number of aryl methyl sites for hydroxylation is 1. The fourth-order valence-corrected chi connectivity index (χ4v) is 1.55. The first kappa shape index (κ1) is 12.7. The number of amides is 1. The van der Waals surface area contributed by atoms with Gasteiger partial charge in [0.05, 0.1) is 0 Å². The minimum Gasteiger partial charge on any atom is -0.304 e. The van der Waals surface area contributed by atoms with E-state index in [0.29, 0.717) is 0 Å². The van der Waals surface area contributed by atoms with Crippen molar-refractivity contribution in [2.24, 2.45) is 0 Å². The zero-order valence-electron chi connectivity index (χ0n) is 9.32. The summed E-state index contributed by atoms with van der Waals surface area (Å²) in [6.07, 6.45) is 1.22. The average Bonchev–Trinajstić information content (AvgIpc) is 2.35. The highest BCUT2D eigenvalue weighted by Crippen LogP contribution is 2.25. The number of nitrogens with zero attached hydrogens (tertiary/aromatic N) is 3.